The van der Waals surface area contributed by atoms with Gasteiger partial charge in [0.25, 0.3) is 0 Å². The third-order valence-corrected chi connectivity index (χ3v) is 6.95. The van der Waals surface area contributed by atoms with Crippen LogP contribution in [-0.4, -0.2) is 61.6 Å². The van der Waals surface area contributed by atoms with E-state index < -0.39 is 10.0 Å². The molecule has 0 unspecified atom stereocenters. The minimum atomic E-state index is -3.41. The Morgan fingerprint density at radius 3 is 2.35 bits per heavy atom. The molecule has 0 amide bonds. The number of aliphatic hydroxyl groups is 1. The molecule has 5 nitrogen and oxygen atoms in total. The zero-order valence-electron chi connectivity index (χ0n) is 13.9. The molecule has 1 aromatic carbocycles. The summed E-state index contributed by atoms with van der Waals surface area (Å²) >= 11 is 0. The van der Waals surface area contributed by atoms with Crippen LogP contribution in [0.1, 0.15) is 24.0 Å². The van der Waals surface area contributed by atoms with E-state index in [0.717, 1.165) is 24.0 Å². The Kier molecular flexibility index (Phi) is 4.78. The minimum Gasteiger partial charge on any atom is -0.392 e. The molecule has 1 saturated carbocycles. The van der Waals surface area contributed by atoms with Crippen molar-refractivity contribution in [3.05, 3.63) is 29.3 Å². The van der Waals surface area contributed by atoms with Crippen molar-refractivity contribution in [2.45, 2.75) is 37.7 Å². The first-order chi connectivity index (χ1) is 10.9. The van der Waals surface area contributed by atoms with Crippen LogP contribution in [0.15, 0.2) is 23.1 Å². The van der Waals surface area contributed by atoms with Crippen molar-refractivity contribution in [3.63, 3.8) is 0 Å². The van der Waals surface area contributed by atoms with Gasteiger partial charge < -0.3 is 5.11 Å². The molecule has 0 spiro atoms. The lowest BCUT2D eigenvalue weighted by Gasteiger charge is -2.35. The van der Waals surface area contributed by atoms with Crippen molar-refractivity contribution in [1.29, 1.82) is 0 Å². The highest BCUT2D eigenvalue weighted by Crippen LogP contribution is 2.33. The summed E-state index contributed by atoms with van der Waals surface area (Å²) in [6.45, 7) is 6.95. The predicted octanol–water partition coefficient (Wildman–Crippen LogP) is 1.38. The summed E-state index contributed by atoms with van der Waals surface area (Å²) in [6.07, 6.45) is 2.00. The Labute approximate surface area is 139 Å². The summed E-state index contributed by atoms with van der Waals surface area (Å²) in [6, 6.07) is 5.32. The van der Waals surface area contributed by atoms with Gasteiger partial charge in [-0.25, -0.2) is 8.42 Å². The van der Waals surface area contributed by atoms with E-state index in [0.29, 0.717) is 43.5 Å². The molecule has 2 fully saturated rings. The number of piperazine rings is 1. The fourth-order valence-corrected chi connectivity index (χ4v) is 4.58. The van der Waals surface area contributed by atoms with Crippen LogP contribution in [0.4, 0.5) is 0 Å². The van der Waals surface area contributed by atoms with Gasteiger partial charge in [-0.1, -0.05) is 6.07 Å². The van der Waals surface area contributed by atoms with Gasteiger partial charge in [-0.2, -0.15) is 4.31 Å². The highest BCUT2D eigenvalue weighted by molar-refractivity contribution is 7.89. The molecule has 1 aromatic rings. The van der Waals surface area contributed by atoms with E-state index in [4.69, 9.17) is 0 Å². The molecule has 3 rings (SSSR count). The second-order valence-electron chi connectivity index (χ2n) is 6.86. The average Bonchev–Trinajstić information content (AvgIpc) is 3.35. The molecule has 1 atom stereocenters. The van der Waals surface area contributed by atoms with E-state index in [1.165, 1.54) is 0 Å². The monoisotopic (exact) mass is 338 g/mol. The number of sulfonamides is 1. The highest BCUT2D eigenvalue weighted by atomic mass is 32.2. The van der Waals surface area contributed by atoms with Crippen LogP contribution in [0.25, 0.3) is 0 Å². The van der Waals surface area contributed by atoms with E-state index in [-0.39, 0.29) is 6.10 Å². The van der Waals surface area contributed by atoms with Gasteiger partial charge in [-0.3, -0.25) is 4.90 Å². The van der Waals surface area contributed by atoms with Crippen LogP contribution in [0.2, 0.25) is 0 Å². The number of aryl methyl sites for hydroxylation is 2. The van der Waals surface area contributed by atoms with Crippen molar-refractivity contribution < 1.29 is 13.5 Å². The topological polar surface area (TPSA) is 60.9 Å². The standard InChI is InChI=1S/C17H26N2O3S/c1-13-3-6-16(11-14(13)2)23(21,22)19-9-7-18(8-10-19)12-17(20)15-4-5-15/h3,6,11,15,17,20H,4-5,7-10,12H2,1-2H3/t17-/m0/s1. The van der Waals surface area contributed by atoms with Crippen molar-refractivity contribution in [2.24, 2.45) is 5.92 Å². The molecule has 1 aliphatic heterocycles. The summed E-state index contributed by atoms with van der Waals surface area (Å²) in [4.78, 5) is 2.56. The molecule has 0 bridgehead atoms. The Bertz CT molecular complexity index is 662. The number of rotatable bonds is 5. The van der Waals surface area contributed by atoms with Gasteiger partial charge >= 0.3 is 0 Å². The number of hydrogen-bond acceptors (Lipinski definition) is 4. The zero-order chi connectivity index (χ0) is 16.6. The zero-order valence-corrected chi connectivity index (χ0v) is 14.7. The molecule has 23 heavy (non-hydrogen) atoms. The Hall–Kier alpha value is -0.950. The third kappa shape index (κ3) is 3.76. The van der Waals surface area contributed by atoms with Gasteiger partial charge in [0.1, 0.15) is 0 Å². The van der Waals surface area contributed by atoms with Gasteiger partial charge in [-0.15, -0.1) is 0 Å². The lowest BCUT2D eigenvalue weighted by molar-refractivity contribution is 0.0782. The summed E-state index contributed by atoms with van der Waals surface area (Å²) in [5, 5.41) is 10.0. The van der Waals surface area contributed by atoms with Crippen LogP contribution >= 0.6 is 0 Å². The summed E-state index contributed by atoms with van der Waals surface area (Å²) < 4.78 is 27.1. The SMILES string of the molecule is Cc1ccc(S(=O)(=O)N2CCN(C[C@H](O)C3CC3)CC2)cc1C. The largest absolute Gasteiger partial charge is 0.392 e. The van der Waals surface area contributed by atoms with Crippen molar-refractivity contribution >= 4 is 10.0 Å². The molecule has 1 N–H and O–H groups in total. The smallest absolute Gasteiger partial charge is 0.243 e. The molecule has 128 valence electrons. The number of hydrogen-bond donors (Lipinski definition) is 1. The second kappa shape index (κ2) is 6.51. The van der Waals surface area contributed by atoms with Gasteiger partial charge in [0.05, 0.1) is 11.0 Å². The first-order valence-corrected chi connectivity index (χ1v) is 9.80. The predicted molar refractivity (Wildman–Crippen MR) is 89.8 cm³/mol. The molecule has 6 heteroatoms. The van der Waals surface area contributed by atoms with Crippen molar-refractivity contribution in [3.8, 4) is 0 Å². The fourth-order valence-electron chi connectivity index (χ4n) is 3.07. The van der Waals surface area contributed by atoms with Crippen LogP contribution in [0.3, 0.4) is 0 Å². The van der Waals surface area contributed by atoms with E-state index in [9.17, 15) is 13.5 Å². The highest BCUT2D eigenvalue weighted by Gasteiger charge is 2.33. The second-order valence-corrected chi connectivity index (χ2v) is 8.79. The lowest BCUT2D eigenvalue weighted by Crippen LogP contribution is -2.50. The Morgan fingerprint density at radius 2 is 1.78 bits per heavy atom. The molecule has 0 radical (unpaired) electrons. The minimum absolute atomic E-state index is 0.252. The van der Waals surface area contributed by atoms with Crippen molar-refractivity contribution in [1.82, 2.24) is 9.21 Å². The van der Waals surface area contributed by atoms with E-state index >= 15 is 0 Å². The molecule has 1 heterocycles. The van der Waals surface area contributed by atoms with E-state index in [1.807, 2.05) is 19.9 Å². The number of benzene rings is 1. The number of aliphatic hydroxyl groups excluding tert-OH is 1. The molecule has 1 aliphatic carbocycles. The fraction of sp³-hybridized carbons (Fsp3) is 0.647. The summed E-state index contributed by atoms with van der Waals surface area (Å²) in [5.74, 6) is 0.465. The number of β-amino-alcohol motifs (C(OH)–C–C–N with tert-alkyl or cyclic N) is 1. The van der Waals surface area contributed by atoms with Gasteiger partial charge in [0.2, 0.25) is 10.0 Å². The quantitative estimate of drug-likeness (QED) is 0.881. The molecule has 0 aromatic heterocycles. The maximum atomic E-state index is 12.8. The molecular weight excluding hydrogens is 312 g/mol. The van der Waals surface area contributed by atoms with E-state index in [1.54, 1.807) is 16.4 Å². The van der Waals surface area contributed by atoms with Gasteiger partial charge in [0, 0.05) is 32.7 Å². The van der Waals surface area contributed by atoms with Crippen LogP contribution in [-0.2, 0) is 10.0 Å². The summed E-state index contributed by atoms with van der Waals surface area (Å²) in [7, 11) is -3.41. The molecular formula is C17H26N2O3S. The first kappa shape index (κ1) is 16.9. The number of nitrogens with zero attached hydrogens (tertiary/aromatic N) is 2. The van der Waals surface area contributed by atoms with Gasteiger partial charge in [-0.05, 0) is 55.9 Å². The summed E-state index contributed by atoms with van der Waals surface area (Å²) in [5.41, 5.74) is 2.10. The first-order valence-electron chi connectivity index (χ1n) is 8.36. The Balaban J connectivity index is 1.62. The van der Waals surface area contributed by atoms with Crippen molar-refractivity contribution in [2.75, 3.05) is 32.7 Å². The Morgan fingerprint density at radius 1 is 1.13 bits per heavy atom. The average molecular weight is 338 g/mol. The van der Waals surface area contributed by atoms with Crippen LogP contribution < -0.4 is 0 Å². The molecule has 1 saturated heterocycles. The lowest BCUT2D eigenvalue weighted by atomic mass is 10.1. The normalized spacial score (nSPS) is 22.2. The van der Waals surface area contributed by atoms with E-state index in [2.05, 4.69) is 4.90 Å². The van der Waals surface area contributed by atoms with Gasteiger partial charge in [0.15, 0.2) is 0 Å². The maximum absolute atomic E-state index is 12.8. The van der Waals surface area contributed by atoms with Crippen LogP contribution in [0.5, 0.6) is 0 Å². The third-order valence-electron chi connectivity index (χ3n) is 5.06. The maximum Gasteiger partial charge on any atom is 0.243 e. The van der Waals surface area contributed by atoms with Crippen LogP contribution in [0, 0.1) is 19.8 Å². The molecule has 2 aliphatic rings.